The predicted molar refractivity (Wildman–Crippen MR) is 126 cm³/mol. The van der Waals surface area contributed by atoms with Gasteiger partial charge in [-0.25, -0.2) is 9.78 Å². The Morgan fingerprint density at radius 2 is 1.97 bits per heavy atom. The number of aryl methyl sites for hydroxylation is 1. The minimum absolute atomic E-state index is 0.0423. The first kappa shape index (κ1) is 23.7. The Morgan fingerprint density at radius 1 is 1.22 bits per heavy atom. The molecule has 0 spiro atoms. The van der Waals surface area contributed by atoms with Gasteiger partial charge in [0.15, 0.2) is 0 Å². The number of urea groups is 1. The fraction of sp³-hybridized carbons (Fsp3) is 0.480. The summed E-state index contributed by atoms with van der Waals surface area (Å²) in [5.74, 6) is 0. The SMILES string of the molecule is COCCN1CC[C@@](c2ccccc2)(N(C)C)CCCN(c2cnc(C#N)cc2C)C1=O. The lowest BCUT2D eigenvalue weighted by Gasteiger charge is -2.41. The molecule has 0 radical (unpaired) electrons. The van der Waals surface area contributed by atoms with Crippen LogP contribution in [0, 0.1) is 18.3 Å². The first-order valence-corrected chi connectivity index (χ1v) is 11.1. The Balaban J connectivity index is 1.99. The summed E-state index contributed by atoms with van der Waals surface area (Å²) in [7, 11) is 5.90. The van der Waals surface area contributed by atoms with E-state index in [0.29, 0.717) is 31.9 Å². The quantitative estimate of drug-likeness (QED) is 0.691. The molecule has 170 valence electrons. The molecule has 0 bridgehead atoms. The maximum atomic E-state index is 13.7. The number of carbonyl (C=O) groups excluding carboxylic acids is 1. The number of amides is 2. The molecular formula is C25H33N5O2. The van der Waals surface area contributed by atoms with Gasteiger partial charge in [0.25, 0.3) is 0 Å². The number of hydrogen-bond donors (Lipinski definition) is 0. The van der Waals surface area contributed by atoms with Gasteiger partial charge in [0.1, 0.15) is 11.8 Å². The van der Waals surface area contributed by atoms with Gasteiger partial charge in [-0.3, -0.25) is 9.80 Å². The Morgan fingerprint density at radius 3 is 2.59 bits per heavy atom. The number of nitriles is 1. The second-order valence-corrected chi connectivity index (χ2v) is 8.53. The van der Waals surface area contributed by atoms with Crippen molar-refractivity contribution in [2.75, 3.05) is 52.3 Å². The van der Waals surface area contributed by atoms with Crippen LogP contribution in [0.3, 0.4) is 0 Å². The average molecular weight is 436 g/mol. The molecule has 1 fully saturated rings. The van der Waals surface area contributed by atoms with Gasteiger partial charge >= 0.3 is 6.03 Å². The van der Waals surface area contributed by atoms with Crippen LogP contribution in [0.25, 0.3) is 0 Å². The van der Waals surface area contributed by atoms with Crippen molar-refractivity contribution in [2.24, 2.45) is 0 Å². The molecular weight excluding hydrogens is 402 g/mol. The van der Waals surface area contributed by atoms with E-state index in [2.05, 4.69) is 54.3 Å². The number of pyridine rings is 1. The maximum Gasteiger partial charge on any atom is 0.324 e. The number of nitrogens with zero attached hydrogens (tertiary/aromatic N) is 5. The number of aromatic nitrogens is 1. The maximum absolute atomic E-state index is 13.7. The molecule has 1 aromatic carbocycles. The molecule has 0 N–H and O–H groups in total. The van der Waals surface area contributed by atoms with Crippen molar-refractivity contribution >= 4 is 11.7 Å². The van der Waals surface area contributed by atoms with Gasteiger partial charge in [-0.15, -0.1) is 0 Å². The van der Waals surface area contributed by atoms with Crippen molar-refractivity contribution in [1.29, 1.82) is 5.26 Å². The van der Waals surface area contributed by atoms with E-state index >= 15 is 0 Å². The van der Waals surface area contributed by atoms with Crippen molar-refractivity contribution in [3.05, 3.63) is 59.4 Å². The van der Waals surface area contributed by atoms with Crippen molar-refractivity contribution in [1.82, 2.24) is 14.8 Å². The number of methoxy groups -OCH3 is 1. The molecule has 2 heterocycles. The molecule has 0 saturated carbocycles. The van der Waals surface area contributed by atoms with E-state index in [-0.39, 0.29) is 11.6 Å². The van der Waals surface area contributed by atoms with E-state index in [1.54, 1.807) is 19.4 Å². The summed E-state index contributed by atoms with van der Waals surface area (Å²) in [6, 6.07) is 14.3. The van der Waals surface area contributed by atoms with E-state index in [1.807, 2.05) is 22.8 Å². The van der Waals surface area contributed by atoms with Crippen LogP contribution in [0.15, 0.2) is 42.6 Å². The average Bonchev–Trinajstić information content (AvgIpc) is 2.87. The lowest BCUT2D eigenvalue weighted by Crippen LogP contribution is -2.47. The fourth-order valence-corrected chi connectivity index (χ4v) is 4.60. The molecule has 1 saturated heterocycles. The molecule has 0 aliphatic carbocycles. The van der Waals surface area contributed by atoms with Crippen molar-refractivity contribution in [2.45, 2.75) is 31.7 Å². The molecule has 2 amide bonds. The number of carbonyl (C=O) groups is 1. The summed E-state index contributed by atoms with van der Waals surface area (Å²) < 4.78 is 5.30. The van der Waals surface area contributed by atoms with Crippen LogP contribution in [-0.2, 0) is 10.3 Å². The summed E-state index contributed by atoms with van der Waals surface area (Å²) in [5.41, 5.74) is 3.09. The highest BCUT2D eigenvalue weighted by molar-refractivity contribution is 5.92. The smallest absolute Gasteiger partial charge is 0.324 e. The minimum Gasteiger partial charge on any atom is -0.383 e. The molecule has 1 aliphatic rings. The molecule has 32 heavy (non-hydrogen) atoms. The zero-order valence-electron chi connectivity index (χ0n) is 19.5. The third-order valence-electron chi connectivity index (χ3n) is 6.49. The number of hydrogen-bond acceptors (Lipinski definition) is 5. The largest absolute Gasteiger partial charge is 0.383 e. The standard InChI is InChI=1S/C25H33N5O2/c1-20-17-22(18-26)27-19-23(20)30-13-8-11-25(28(2)3,21-9-6-5-7-10-21)12-14-29(24(30)31)15-16-32-4/h5-7,9-10,17,19H,8,11-16H2,1-4H3/t25-/m0/s1. The third kappa shape index (κ3) is 4.93. The van der Waals surface area contributed by atoms with Crippen molar-refractivity contribution < 1.29 is 9.53 Å². The van der Waals surface area contributed by atoms with E-state index < -0.39 is 0 Å². The zero-order valence-corrected chi connectivity index (χ0v) is 19.5. The van der Waals surface area contributed by atoms with E-state index in [9.17, 15) is 10.1 Å². The molecule has 1 aromatic heterocycles. The van der Waals surface area contributed by atoms with Gasteiger partial charge in [0, 0.05) is 32.3 Å². The highest BCUT2D eigenvalue weighted by atomic mass is 16.5. The van der Waals surface area contributed by atoms with Crippen molar-refractivity contribution in [3.63, 3.8) is 0 Å². The summed E-state index contributed by atoms with van der Waals surface area (Å²) >= 11 is 0. The van der Waals surface area contributed by atoms with E-state index in [4.69, 9.17) is 4.74 Å². The van der Waals surface area contributed by atoms with Gasteiger partial charge in [0.2, 0.25) is 0 Å². The van der Waals surface area contributed by atoms with Gasteiger partial charge in [-0.05, 0) is 57.5 Å². The predicted octanol–water partition coefficient (Wildman–Crippen LogP) is 3.78. The Labute approximate surface area is 191 Å². The summed E-state index contributed by atoms with van der Waals surface area (Å²) in [5, 5.41) is 9.17. The van der Waals surface area contributed by atoms with Gasteiger partial charge in [-0.1, -0.05) is 30.3 Å². The Hall–Kier alpha value is -2.95. The van der Waals surface area contributed by atoms with Gasteiger partial charge < -0.3 is 9.64 Å². The zero-order chi connectivity index (χ0) is 23.1. The molecule has 2 aromatic rings. The van der Waals surface area contributed by atoms with E-state index in [0.717, 1.165) is 30.5 Å². The molecule has 1 aliphatic heterocycles. The lowest BCUT2D eigenvalue weighted by molar-refractivity contribution is 0.104. The molecule has 0 unspecified atom stereocenters. The minimum atomic E-state index is -0.166. The Kier molecular flexibility index (Phi) is 7.84. The number of anilines is 1. The number of rotatable bonds is 6. The highest BCUT2D eigenvalue weighted by Gasteiger charge is 2.37. The van der Waals surface area contributed by atoms with Crippen LogP contribution in [0.1, 0.15) is 36.1 Å². The van der Waals surface area contributed by atoms with Crippen LogP contribution >= 0.6 is 0 Å². The summed E-state index contributed by atoms with van der Waals surface area (Å²) in [6.07, 6.45) is 4.25. The fourth-order valence-electron chi connectivity index (χ4n) is 4.60. The first-order chi connectivity index (χ1) is 15.4. The monoisotopic (exact) mass is 435 g/mol. The molecule has 7 heteroatoms. The Bertz CT molecular complexity index is 957. The second-order valence-electron chi connectivity index (χ2n) is 8.53. The number of benzene rings is 1. The normalized spacial score (nSPS) is 19.9. The topological polar surface area (TPSA) is 72.7 Å². The van der Waals surface area contributed by atoms with Crippen molar-refractivity contribution in [3.8, 4) is 6.07 Å². The molecule has 3 rings (SSSR count). The van der Waals surface area contributed by atoms with Crippen LogP contribution in [0.4, 0.5) is 10.5 Å². The first-order valence-electron chi connectivity index (χ1n) is 11.1. The van der Waals surface area contributed by atoms with E-state index in [1.165, 1.54) is 5.56 Å². The van der Waals surface area contributed by atoms with Crippen LogP contribution in [-0.4, -0.2) is 68.3 Å². The molecule has 7 nitrogen and oxygen atoms in total. The van der Waals surface area contributed by atoms with Crippen LogP contribution < -0.4 is 4.90 Å². The third-order valence-corrected chi connectivity index (χ3v) is 6.49. The highest BCUT2D eigenvalue weighted by Crippen LogP contribution is 2.37. The van der Waals surface area contributed by atoms with Gasteiger partial charge in [0.05, 0.1) is 18.5 Å². The lowest BCUT2D eigenvalue weighted by atomic mass is 9.81. The summed E-state index contributed by atoms with van der Waals surface area (Å²) in [6.45, 7) is 4.12. The van der Waals surface area contributed by atoms with Crippen LogP contribution in [0.5, 0.6) is 0 Å². The van der Waals surface area contributed by atoms with Gasteiger partial charge in [-0.2, -0.15) is 5.26 Å². The number of ether oxygens (including phenoxy) is 1. The summed E-state index contributed by atoms with van der Waals surface area (Å²) in [4.78, 5) is 23.9. The second kappa shape index (κ2) is 10.6. The molecule has 1 atom stereocenters. The van der Waals surface area contributed by atoms with Crippen LogP contribution in [0.2, 0.25) is 0 Å².